The zero-order valence-corrected chi connectivity index (χ0v) is 11.3. The molecule has 0 aliphatic heterocycles. The van der Waals surface area contributed by atoms with Gasteiger partial charge in [-0.15, -0.1) is 0 Å². The van der Waals surface area contributed by atoms with Crippen LogP contribution in [0.2, 0.25) is 0 Å². The van der Waals surface area contributed by atoms with E-state index in [9.17, 15) is 4.79 Å². The average molecular weight is 245 g/mol. The van der Waals surface area contributed by atoms with Crippen LogP contribution in [0.3, 0.4) is 0 Å². The molecule has 0 radical (unpaired) electrons. The number of nitrogens with zero attached hydrogens (tertiary/aromatic N) is 1. The van der Waals surface area contributed by atoms with Gasteiger partial charge in [0.2, 0.25) is 0 Å². The van der Waals surface area contributed by atoms with E-state index in [0.29, 0.717) is 11.1 Å². The number of aliphatic hydroxyl groups excluding tert-OH is 1. The number of benzene rings is 1. The molecule has 18 heavy (non-hydrogen) atoms. The summed E-state index contributed by atoms with van der Waals surface area (Å²) < 4.78 is 0. The normalized spacial score (nSPS) is 9.89. The van der Waals surface area contributed by atoms with Gasteiger partial charge in [0.25, 0.3) is 5.91 Å². The number of rotatable bonds is 2. The monoisotopic (exact) mass is 245 g/mol. The number of carbonyl (C=O) groups is 1. The van der Waals surface area contributed by atoms with E-state index in [1.165, 1.54) is 0 Å². The molecule has 1 amide bonds. The number of aryl methyl sites for hydroxylation is 1. The predicted molar refractivity (Wildman–Crippen MR) is 72.4 cm³/mol. The summed E-state index contributed by atoms with van der Waals surface area (Å²) in [6.45, 7) is 5.66. The summed E-state index contributed by atoms with van der Waals surface area (Å²) in [7, 11) is 1.78. The molecule has 1 aromatic carbocycles. The minimum Gasteiger partial charge on any atom is -0.384 e. The topological polar surface area (TPSA) is 40.5 Å². The van der Waals surface area contributed by atoms with E-state index in [2.05, 4.69) is 11.8 Å². The van der Waals surface area contributed by atoms with Gasteiger partial charge in [-0.25, -0.2) is 0 Å². The van der Waals surface area contributed by atoms with Gasteiger partial charge in [0.15, 0.2) is 0 Å². The molecule has 0 aliphatic rings. The summed E-state index contributed by atoms with van der Waals surface area (Å²) in [6.07, 6.45) is 0. The van der Waals surface area contributed by atoms with Gasteiger partial charge in [0.1, 0.15) is 6.61 Å². The van der Waals surface area contributed by atoms with Crippen molar-refractivity contribution in [2.24, 2.45) is 0 Å². The van der Waals surface area contributed by atoms with E-state index in [4.69, 9.17) is 5.11 Å². The second-order valence-corrected chi connectivity index (χ2v) is 4.52. The second kappa shape index (κ2) is 6.23. The van der Waals surface area contributed by atoms with Crippen molar-refractivity contribution in [3.05, 3.63) is 34.9 Å². The first-order chi connectivity index (χ1) is 8.47. The lowest BCUT2D eigenvalue weighted by Crippen LogP contribution is -2.33. The van der Waals surface area contributed by atoms with E-state index in [-0.39, 0.29) is 18.6 Å². The molecule has 0 saturated carbocycles. The van der Waals surface area contributed by atoms with Crippen molar-refractivity contribution in [3.63, 3.8) is 0 Å². The highest BCUT2D eigenvalue weighted by atomic mass is 16.2. The molecule has 0 spiro atoms. The summed E-state index contributed by atoms with van der Waals surface area (Å²) in [6, 6.07) is 5.70. The van der Waals surface area contributed by atoms with Crippen molar-refractivity contribution in [3.8, 4) is 11.8 Å². The van der Waals surface area contributed by atoms with Crippen LogP contribution in [0.5, 0.6) is 0 Å². The standard InChI is InChI=1S/C15H19NO2/c1-11(2)16(4)15(18)14-10-12(3)7-8-13(14)6-5-9-17/h7-8,10-11,17H,9H2,1-4H3. The molecule has 1 rings (SSSR count). The lowest BCUT2D eigenvalue weighted by molar-refractivity contribution is 0.0754. The SMILES string of the molecule is Cc1ccc(C#CCO)c(C(=O)N(C)C(C)C)c1. The Labute approximate surface area is 108 Å². The first kappa shape index (κ1) is 14.3. The molecule has 0 fully saturated rings. The highest BCUT2D eigenvalue weighted by Gasteiger charge is 2.17. The maximum Gasteiger partial charge on any atom is 0.255 e. The van der Waals surface area contributed by atoms with Crippen LogP contribution in [0.25, 0.3) is 0 Å². The van der Waals surface area contributed by atoms with Gasteiger partial charge >= 0.3 is 0 Å². The molecule has 0 heterocycles. The first-order valence-corrected chi connectivity index (χ1v) is 5.95. The average Bonchev–Trinajstić information content (AvgIpc) is 2.35. The van der Waals surface area contributed by atoms with Crippen molar-refractivity contribution >= 4 is 5.91 Å². The highest BCUT2D eigenvalue weighted by Crippen LogP contribution is 2.14. The Bertz CT molecular complexity index is 495. The predicted octanol–water partition coefficient (Wildman–Crippen LogP) is 1.82. The molecular formula is C15H19NO2. The number of aliphatic hydroxyl groups is 1. The Morgan fingerprint density at radius 3 is 2.67 bits per heavy atom. The molecule has 1 N–H and O–H groups in total. The van der Waals surface area contributed by atoms with Crippen LogP contribution in [0.1, 0.15) is 35.3 Å². The van der Waals surface area contributed by atoms with E-state index >= 15 is 0 Å². The van der Waals surface area contributed by atoms with Gasteiger partial charge in [-0.05, 0) is 32.9 Å². The summed E-state index contributed by atoms with van der Waals surface area (Å²) >= 11 is 0. The minimum absolute atomic E-state index is 0.0454. The fourth-order valence-corrected chi connectivity index (χ4v) is 1.50. The van der Waals surface area contributed by atoms with Crippen molar-refractivity contribution in [1.29, 1.82) is 0 Å². The van der Waals surface area contributed by atoms with E-state index in [1.807, 2.05) is 39.0 Å². The Morgan fingerprint density at radius 2 is 2.11 bits per heavy atom. The molecular weight excluding hydrogens is 226 g/mol. The van der Waals surface area contributed by atoms with E-state index < -0.39 is 0 Å². The van der Waals surface area contributed by atoms with Crippen LogP contribution in [0, 0.1) is 18.8 Å². The third-order valence-electron chi connectivity index (χ3n) is 2.80. The number of carbonyl (C=O) groups excluding carboxylic acids is 1. The molecule has 0 saturated heterocycles. The zero-order valence-electron chi connectivity index (χ0n) is 11.3. The van der Waals surface area contributed by atoms with Gasteiger partial charge in [-0.1, -0.05) is 23.5 Å². The fraction of sp³-hybridized carbons (Fsp3) is 0.400. The first-order valence-electron chi connectivity index (χ1n) is 5.95. The Hall–Kier alpha value is -1.79. The molecule has 0 bridgehead atoms. The third kappa shape index (κ3) is 3.35. The van der Waals surface area contributed by atoms with Crippen molar-refractivity contribution in [2.45, 2.75) is 26.8 Å². The maximum absolute atomic E-state index is 12.3. The van der Waals surface area contributed by atoms with Gasteiger partial charge in [-0.3, -0.25) is 4.79 Å². The van der Waals surface area contributed by atoms with E-state index in [0.717, 1.165) is 5.56 Å². The second-order valence-electron chi connectivity index (χ2n) is 4.52. The lowest BCUT2D eigenvalue weighted by Gasteiger charge is -2.22. The van der Waals surface area contributed by atoms with Crippen LogP contribution in [-0.4, -0.2) is 35.6 Å². The van der Waals surface area contributed by atoms with Crippen LogP contribution in [-0.2, 0) is 0 Å². The summed E-state index contributed by atoms with van der Waals surface area (Å²) in [5.41, 5.74) is 2.27. The summed E-state index contributed by atoms with van der Waals surface area (Å²) in [5.74, 6) is 5.35. The molecule has 96 valence electrons. The fourth-order valence-electron chi connectivity index (χ4n) is 1.50. The maximum atomic E-state index is 12.3. The van der Waals surface area contributed by atoms with Gasteiger partial charge in [0, 0.05) is 18.7 Å². The molecule has 0 aliphatic carbocycles. The smallest absolute Gasteiger partial charge is 0.255 e. The molecule has 0 unspecified atom stereocenters. The van der Waals surface area contributed by atoms with Crippen molar-refractivity contribution < 1.29 is 9.90 Å². The van der Waals surface area contributed by atoms with Crippen LogP contribution in [0.15, 0.2) is 18.2 Å². The van der Waals surface area contributed by atoms with Crippen LogP contribution in [0.4, 0.5) is 0 Å². The lowest BCUT2D eigenvalue weighted by atomic mass is 10.0. The Kier molecular flexibility index (Phi) is 4.94. The Morgan fingerprint density at radius 1 is 1.44 bits per heavy atom. The van der Waals surface area contributed by atoms with Gasteiger partial charge in [0.05, 0.1) is 5.56 Å². The van der Waals surface area contributed by atoms with Gasteiger partial charge < -0.3 is 10.0 Å². The largest absolute Gasteiger partial charge is 0.384 e. The molecule has 0 aromatic heterocycles. The van der Waals surface area contributed by atoms with Crippen LogP contribution < -0.4 is 0 Å². The third-order valence-corrected chi connectivity index (χ3v) is 2.80. The van der Waals surface area contributed by atoms with E-state index in [1.54, 1.807) is 11.9 Å². The molecule has 1 aromatic rings. The molecule has 3 heteroatoms. The number of amides is 1. The number of hydrogen-bond acceptors (Lipinski definition) is 2. The summed E-state index contributed by atoms with van der Waals surface area (Å²) in [5, 5.41) is 8.74. The molecule has 0 atom stereocenters. The molecule has 3 nitrogen and oxygen atoms in total. The van der Waals surface area contributed by atoms with Crippen molar-refractivity contribution in [1.82, 2.24) is 4.90 Å². The summed E-state index contributed by atoms with van der Waals surface area (Å²) in [4.78, 5) is 14.0. The minimum atomic E-state index is -0.207. The zero-order chi connectivity index (χ0) is 13.7. The Balaban J connectivity index is 3.20. The van der Waals surface area contributed by atoms with Crippen LogP contribution >= 0.6 is 0 Å². The highest BCUT2D eigenvalue weighted by molar-refractivity contribution is 5.97. The van der Waals surface area contributed by atoms with Gasteiger partial charge in [-0.2, -0.15) is 0 Å². The quantitative estimate of drug-likeness (QED) is 0.807. The van der Waals surface area contributed by atoms with Crippen molar-refractivity contribution in [2.75, 3.05) is 13.7 Å². The number of hydrogen-bond donors (Lipinski definition) is 1.